The van der Waals surface area contributed by atoms with Gasteiger partial charge in [0.2, 0.25) is 17.6 Å². The van der Waals surface area contributed by atoms with Crippen LogP contribution in [0.3, 0.4) is 0 Å². The van der Waals surface area contributed by atoms with Crippen LogP contribution in [0.4, 0.5) is 11.5 Å². The predicted molar refractivity (Wildman–Crippen MR) is 76.3 cm³/mol. The van der Waals surface area contributed by atoms with E-state index in [0.717, 1.165) is 25.9 Å². The molecule has 0 radical (unpaired) electrons. The number of pyridine rings is 1. The number of rotatable bonds is 5. The highest BCUT2D eigenvalue weighted by atomic mass is 16.6. The Bertz CT molecular complexity index is 543. The number of anilines is 1. The Labute approximate surface area is 122 Å². The van der Waals surface area contributed by atoms with E-state index in [4.69, 9.17) is 4.74 Å². The van der Waals surface area contributed by atoms with Gasteiger partial charge in [-0.05, 0) is 19.8 Å². The number of aromatic nitrogens is 1. The molecule has 1 amide bonds. The highest BCUT2D eigenvalue weighted by Crippen LogP contribution is 2.25. The number of carbonyl (C=O) groups is 1. The summed E-state index contributed by atoms with van der Waals surface area (Å²) >= 11 is 0. The molecule has 8 nitrogen and oxygen atoms in total. The van der Waals surface area contributed by atoms with E-state index in [1.54, 1.807) is 11.8 Å². The zero-order valence-corrected chi connectivity index (χ0v) is 12.0. The van der Waals surface area contributed by atoms with E-state index in [9.17, 15) is 14.9 Å². The van der Waals surface area contributed by atoms with Crippen molar-refractivity contribution in [2.75, 3.05) is 25.5 Å². The summed E-state index contributed by atoms with van der Waals surface area (Å²) in [6, 6.07) is 2.14. The lowest BCUT2D eigenvalue weighted by Crippen LogP contribution is -2.39. The molecule has 1 saturated heterocycles. The molecule has 1 atom stereocenters. The Kier molecular flexibility index (Phi) is 4.56. The van der Waals surface area contributed by atoms with Gasteiger partial charge in [0.25, 0.3) is 0 Å². The SMILES string of the molecule is COc1ccc([N+](=O)[O-])c(NC(C)C(=O)N2CCCC2)n1. The Hall–Kier alpha value is -2.38. The van der Waals surface area contributed by atoms with Crippen molar-refractivity contribution in [3.63, 3.8) is 0 Å². The Morgan fingerprint density at radius 1 is 1.48 bits per heavy atom. The van der Waals surface area contributed by atoms with Crippen LogP contribution in [0.25, 0.3) is 0 Å². The van der Waals surface area contributed by atoms with Crippen molar-refractivity contribution < 1.29 is 14.5 Å². The molecule has 1 fully saturated rings. The molecule has 0 aliphatic carbocycles. The van der Waals surface area contributed by atoms with Crippen molar-refractivity contribution in [1.82, 2.24) is 9.88 Å². The third kappa shape index (κ3) is 3.39. The lowest BCUT2D eigenvalue weighted by atomic mass is 10.2. The van der Waals surface area contributed by atoms with E-state index in [1.807, 2.05) is 0 Å². The van der Waals surface area contributed by atoms with Gasteiger partial charge in [-0.25, -0.2) is 0 Å². The van der Waals surface area contributed by atoms with Crippen molar-refractivity contribution in [1.29, 1.82) is 0 Å². The lowest BCUT2D eigenvalue weighted by molar-refractivity contribution is -0.384. The topological polar surface area (TPSA) is 97.6 Å². The molecule has 2 heterocycles. The van der Waals surface area contributed by atoms with Crippen molar-refractivity contribution in [2.45, 2.75) is 25.8 Å². The molecule has 1 aromatic heterocycles. The quantitative estimate of drug-likeness (QED) is 0.651. The fourth-order valence-electron chi connectivity index (χ4n) is 2.28. The number of methoxy groups -OCH3 is 1. The highest BCUT2D eigenvalue weighted by Gasteiger charge is 2.26. The summed E-state index contributed by atoms with van der Waals surface area (Å²) in [4.78, 5) is 28.5. The maximum atomic E-state index is 12.2. The number of likely N-dealkylation sites (tertiary alicyclic amines) is 1. The van der Waals surface area contributed by atoms with Crippen molar-refractivity contribution >= 4 is 17.4 Å². The Morgan fingerprint density at radius 3 is 2.71 bits per heavy atom. The van der Waals surface area contributed by atoms with Crippen molar-refractivity contribution in [3.05, 3.63) is 22.2 Å². The van der Waals surface area contributed by atoms with Crippen LogP contribution in [-0.4, -0.2) is 47.0 Å². The van der Waals surface area contributed by atoms with E-state index in [-0.39, 0.29) is 23.3 Å². The molecule has 8 heteroatoms. The minimum Gasteiger partial charge on any atom is -0.481 e. The van der Waals surface area contributed by atoms with Crippen molar-refractivity contribution in [3.8, 4) is 5.88 Å². The van der Waals surface area contributed by atoms with Crippen LogP contribution < -0.4 is 10.1 Å². The standard InChI is InChI=1S/C13H18N4O4/c1-9(13(18)16-7-3-4-8-16)14-12-10(17(19)20)5-6-11(15-12)21-2/h5-6,9H,3-4,7-8H2,1-2H3,(H,14,15). The van der Waals surface area contributed by atoms with Gasteiger partial charge in [0.1, 0.15) is 6.04 Å². The first-order valence-electron chi connectivity index (χ1n) is 6.77. The fourth-order valence-corrected chi connectivity index (χ4v) is 2.28. The fraction of sp³-hybridized carbons (Fsp3) is 0.538. The number of hydrogen-bond acceptors (Lipinski definition) is 6. The van der Waals surface area contributed by atoms with Gasteiger partial charge in [-0.15, -0.1) is 0 Å². The van der Waals surface area contributed by atoms with Gasteiger partial charge in [0, 0.05) is 25.2 Å². The summed E-state index contributed by atoms with van der Waals surface area (Å²) in [6.45, 7) is 3.14. The number of nitrogens with zero attached hydrogens (tertiary/aromatic N) is 3. The normalized spacial score (nSPS) is 15.6. The van der Waals surface area contributed by atoms with Crippen LogP contribution in [0.5, 0.6) is 5.88 Å². The number of ether oxygens (including phenoxy) is 1. The van der Waals surface area contributed by atoms with Crippen molar-refractivity contribution in [2.24, 2.45) is 0 Å². The Morgan fingerprint density at radius 2 is 2.14 bits per heavy atom. The summed E-state index contributed by atoms with van der Waals surface area (Å²) in [5.41, 5.74) is -0.183. The number of carbonyl (C=O) groups excluding carboxylic acids is 1. The monoisotopic (exact) mass is 294 g/mol. The first-order chi connectivity index (χ1) is 10.0. The largest absolute Gasteiger partial charge is 0.481 e. The lowest BCUT2D eigenvalue weighted by Gasteiger charge is -2.21. The Balaban J connectivity index is 2.16. The van der Waals surface area contributed by atoms with E-state index in [0.29, 0.717) is 0 Å². The average Bonchev–Trinajstić information content (AvgIpc) is 3.00. The molecule has 1 unspecified atom stereocenters. The molecule has 0 aromatic carbocycles. The first kappa shape index (κ1) is 15.0. The van der Waals surface area contributed by atoms with Crippen LogP contribution in [0.1, 0.15) is 19.8 Å². The number of amides is 1. The first-order valence-corrected chi connectivity index (χ1v) is 6.77. The summed E-state index contributed by atoms with van der Waals surface area (Å²) < 4.78 is 4.96. The highest BCUT2D eigenvalue weighted by molar-refractivity contribution is 5.84. The van der Waals surface area contributed by atoms with Gasteiger partial charge in [0.15, 0.2) is 0 Å². The molecule has 0 bridgehead atoms. The molecular formula is C13H18N4O4. The summed E-state index contributed by atoms with van der Waals surface area (Å²) in [6.07, 6.45) is 1.99. The van der Waals surface area contributed by atoms with E-state index >= 15 is 0 Å². The van der Waals surface area contributed by atoms with Crippen LogP contribution >= 0.6 is 0 Å². The molecule has 1 N–H and O–H groups in total. The van der Waals surface area contributed by atoms with Crippen LogP contribution in [0.15, 0.2) is 12.1 Å². The van der Waals surface area contributed by atoms with Gasteiger partial charge < -0.3 is 15.0 Å². The van der Waals surface area contributed by atoms with E-state index < -0.39 is 11.0 Å². The third-order valence-corrected chi connectivity index (χ3v) is 3.40. The van der Waals surface area contributed by atoms with Crippen LogP contribution in [0, 0.1) is 10.1 Å². The second kappa shape index (κ2) is 6.38. The van der Waals surface area contributed by atoms with Gasteiger partial charge in [0.05, 0.1) is 12.0 Å². The molecule has 0 saturated carbocycles. The minimum absolute atomic E-state index is 0.0411. The summed E-state index contributed by atoms with van der Waals surface area (Å²) in [5, 5.41) is 13.8. The predicted octanol–water partition coefficient (Wildman–Crippen LogP) is 1.42. The molecule has 2 rings (SSSR count). The van der Waals surface area contributed by atoms with E-state index in [2.05, 4.69) is 10.3 Å². The molecule has 21 heavy (non-hydrogen) atoms. The number of nitro groups is 1. The number of hydrogen-bond donors (Lipinski definition) is 1. The zero-order chi connectivity index (χ0) is 15.4. The maximum absolute atomic E-state index is 12.2. The second-order valence-electron chi connectivity index (χ2n) is 4.88. The molecule has 0 spiro atoms. The minimum atomic E-state index is -0.582. The number of nitrogens with one attached hydrogen (secondary N) is 1. The van der Waals surface area contributed by atoms with Gasteiger partial charge in [-0.2, -0.15) is 4.98 Å². The maximum Gasteiger partial charge on any atom is 0.311 e. The third-order valence-electron chi connectivity index (χ3n) is 3.40. The molecule has 1 aliphatic rings. The van der Waals surface area contributed by atoms with Gasteiger partial charge in [-0.1, -0.05) is 0 Å². The van der Waals surface area contributed by atoms with Gasteiger partial charge in [-0.3, -0.25) is 14.9 Å². The smallest absolute Gasteiger partial charge is 0.311 e. The molecule has 114 valence electrons. The van der Waals surface area contributed by atoms with Gasteiger partial charge >= 0.3 is 5.69 Å². The molecule has 1 aliphatic heterocycles. The van der Waals surface area contributed by atoms with E-state index in [1.165, 1.54) is 19.2 Å². The zero-order valence-electron chi connectivity index (χ0n) is 12.0. The average molecular weight is 294 g/mol. The van der Waals surface area contributed by atoms with Crippen LogP contribution in [0.2, 0.25) is 0 Å². The van der Waals surface area contributed by atoms with Crippen LogP contribution in [-0.2, 0) is 4.79 Å². The molecule has 1 aromatic rings. The molecular weight excluding hydrogens is 276 g/mol. The second-order valence-corrected chi connectivity index (χ2v) is 4.88. The summed E-state index contributed by atoms with van der Waals surface area (Å²) in [5.74, 6) is 0.217. The summed E-state index contributed by atoms with van der Waals surface area (Å²) in [7, 11) is 1.43.